The molecule has 1 unspecified atom stereocenters. The van der Waals surface area contributed by atoms with Gasteiger partial charge in [-0.2, -0.15) is 0 Å². The zero-order valence-electron chi connectivity index (χ0n) is 10.5. The predicted octanol–water partition coefficient (Wildman–Crippen LogP) is 1.76. The lowest BCUT2D eigenvalue weighted by Gasteiger charge is -2.26. The van der Waals surface area contributed by atoms with Gasteiger partial charge in [0.1, 0.15) is 11.6 Å². The van der Waals surface area contributed by atoms with Crippen molar-refractivity contribution in [2.75, 3.05) is 6.54 Å². The van der Waals surface area contributed by atoms with Crippen LogP contribution in [0.1, 0.15) is 27.2 Å². The maximum absolute atomic E-state index is 11.8. The zero-order chi connectivity index (χ0) is 13.9. The maximum Gasteiger partial charge on any atom is 0.411 e. The van der Waals surface area contributed by atoms with Gasteiger partial charge < -0.3 is 9.84 Å². The van der Waals surface area contributed by atoms with Gasteiger partial charge in [-0.3, -0.25) is 4.90 Å². The number of carboxylic acids is 1. The van der Waals surface area contributed by atoms with Gasteiger partial charge in [-0.05, 0) is 32.7 Å². The third-order valence-corrected chi connectivity index (χ3v) is 2.41. The minimum Gasteiger partial charge on any atom is -0.480 e. The van der Waals surface area contributed by atoms with Gasteiger partial charge in [-0.1, -0.05) is 5.11 Å². The summed E-state index contributed by atoms with van der Waals surface area (Å²) in [5, 5.41) is 12.5. The monoisotopic (exact) mass is 256 g/mol. The Labute approximate surface area is 104 Å². The standard InChI is InChI=1S/C10H16N4O4/c1-10(2,3)18-9(17)14-5-6(12-13-11)4-7(14)8(15)16/h6-7H,4-5H2,1-3H3,(H,15,16)/t6-,7?/m0/s1. The molecule has 8 heteroatoms. The van der Waals surface area contributed by atoms with Crippen molar-refractivity contribution in [3.8, 4) is 0 Å². The van der Waals surface area contributed by atoms with Crippen molar-refractivity contribution in [2.24, 2.45) is 5.11 Å². The molecule has 0 saturated carbocycles. The molecule has 1 rings (SSSR count). The fourth-order valence-electron chi connectivity index (χ4n) is 1.73. The van der Waals surface area contributed by atoms with E-state index in [1.165, 1.54) is 0 Å². The van der Waals surface area contributed by atoms with E-state index >= 15 is 0 Å². The number of ether oxygens (including phenoxy) is 1. The molecule has 0 aromatic rings. The Hall–Kier alpha value is -1.95. The summed E-state index contributed by atoms with van der Waals surface area (Å²) < 4.78 is 5.12. The smallest absolute Gasteiger partial charge is 0.411 e. The highest BCUT2D eigenvalue weighted by Crippen LogP contribution is 2.23. The molecule has 18 heavy (non-hydrogen) atoms. The van der Waals surface area contributed by atoms with E-state index in [0.717, 1.165) is 4.90 Å². The van der Waals surface area contributed by atoms with Crippen molar-refractivity contribution in [1.82, 2.24) is 4.90 Å². The van der Waals surface area contributed by atoms with Crippen LogP contribution in [0.4, 0.5) is 4.79 Å². The molecular weight excluding hydrogens is 240 g/mol. The molecule has 1 saturated heterocycles. The summed E-state index contributed by atoms with van der Waals surface area (Å²) in [7, 11) is 0. The number of amides is 1. The van der Waals surface area contributed by atoms with E-state index in [0.29, 0.717) is 0 Å². The number of aliphatic carboxylic acids is 1. The van der Waals surface area contributed by atoms with Crippen LogP contribution in [0.25, 0.3) is 10.4 Å². The third kappa shape index (κ3) is 3.53. The van der Waals surface area contributed by atoms with Gasteiger partial charge in [0.15, 0.2) is 0 Å². The number of hydrogen-bond donors (Lipinski definition) is 1. The summed E-state index contributed by atoms with van der Waals surface area (Å²) >= 11 is 0. The van der Waals surface area contributed by atoms with Crippen molar-refractivity contribution < 1.29 is 19.4 Å². The van der Waals surface area contributed by atoms with Gasteiger partial charge in [-0.25, -0.2) is 9.59 Å². The van der Waals surface area contributed by atoms with Crippen LogP contribution >= 0.6 is 0 Å². The predicted molar refractivity (Wildman–Crippen MR) is 61.9 cm³/mol. The Balaban J connectivity index is 2.81. The van der Waals surface area contributed by atoms with Gasteiger partial charge >= 0.3 is 12.1 Å². The second kappa shape index (κ2) is 5.14. The molecule has 1 aliphatic rings. The molecule has 0 spiro atoms. The average Bonchev–Trinajstić information content (AvgIpc) is 2.59. The van der Waals surface area contributed by atoms with Crippen LogP contribution in [-0.4, -0.2) is 46.3 Å². The lowest BCUT2D eigenvalue weighted by molar-refractivity contribution is -0.142. The third-order valence-electron chi connectivity index (χ3n) is 2.41. The van der Waals surface area contributed by atoms with Gasteiger partial charge in [0, 0.05) is 11.5 Å². The summed E-state index contributed by atoms with van der Waals surface area (Å²) in [6, 6.07) is -1.53. The first-order chi connectivity index (χ1) is 8.24. The normalized spacial score (nSPS) is 23.4. The molecule has 0 bridgehead atoms. The summed E-state index contributed by atoms with van der Waals surface area (Å²) in [5.41, 5.74) is 7.64. The number of rotatable bonds is 2. The molecule has 1 aliphatic heterocycles. The molecule has 1 heterocycles. The van der Waals surface area contributed by atoms with Crippen molar-refractivity contribution in [2.45, 2.75) is 44.9 Å². The molecule has 0 aromatic carbocycles. The maximum atomic E-state index is 11.8. The van der Waals surface area contributed by atoms with Crippen LogP contribution in [0.2, 0.25) is 0 Å². The Morgan fingerprint density at radius 3 is 2.56 bits per heavy atom. The highest BCUT2D eigenvalue weighted by atomic mass is 16.6. The fraction of sp³-hybridized carbons (Fsp3) is 0.800. The van der Waals surface area contributed by atoms with Crippen LogP contribution in [0.3, 0.4) is 0 Å². The quantitative estimate of drug-likeness (QED) is 0.460. The van der Waals surface area contributed by atoms with Crippen molar-refractivity contribution >= 4 is 12.1 Å². The zero-order valence-corrected chi connectivity index (χ0v) is 10.5. The van der Waals surface area contributed by atoms with Crippen LogP contribution < -0.4 is 0 Å². The molecule has 1 amide bonds. The van der Waals surface area contributed by atoms with Gasteiger partial charge in [0.05, 0.1) is 6.04 Å². The summed E-state index contributed by atoms with van der Waals surface area (Å²) in [6.07, 6.45) is -0.593. The largest absolute Gasteiger partial charge is 0.480 e. The number of likely N-dealkylation sites (tertiary alicyclic amines) is 1. The minimum atomic E-state index is -1.13. The molecule has 8 nitrogen and oxygen atoms in total. The number of nitrogens with zero attached hydrogens (tertiary/aromatic N) is 4. The lowest BCUT2D eigenvalue weighted by Crippen LogP contribution is -2.43. The minimum absolute atomic E-state index is 0.0654. The second-order valence-corrected chi connectivity index (χ2v) is 5.08. The second-order valence-electron chi connectivity index (χ2n) is 5.08. The summed E-state index contributed by atoms with van der Waals surface area (Å²) in [6.45, 7) is 5.15. The van der Waals surface area contributed by atoms with Crippen LogP contribution in [0.5, 0.6) is 0 Å². The lowest BCUT2D eigenvalue weighted by atomic mass is 10.2. The van der Waals surface area contributed by atoms with E-state index in [2.05, 4.69) is 10.0 Å². The van der Waals surface area contributed by atoms with Crippen molar-refractivity contribution in [3.05, 3.63) is 10.4 Å². The molecule has 0 aromatic heterocycles. The van der Waals surface area contributed by atoms with Gasteiger partial charge in [-0.15, -0.1) is 0 Å². The molecular formula is C10H16N4O4. The molecule has 1 N–H and O–H groups in total. The van der Waals surface area contributed by atoms with Crippen LogP contribution in [-0.2, 0) is 9.53 Å². The molecule has 0 radical (unpaired) electrons. The number of azide groups is 1. The van der Waals surface area contributed by atoms with Crippen molar-refractivity contribution in [3.63, 3.8) is 0 Å². The summed E-state index contributed by atoms with van der Waals surface area (Å²) in [5.74, 6) is -1.13. The Bertz CT molecular complexity index is 397. The topological polar surface area (TPSA) is 116 Å². The fourth-order valence-corrected chi connectivity index (χ4v) is 1.73. The Morgan fingerprint density at radius 1 is 1.50 bits per heavy atom. The van der Waals surface area contributed by atoms with Gasteiger partial charge in [0.2, 0.25) is 0 Å². The first-order valence-electron chi connectivity index (χ1n) is 5.51. The highest BCUT2D eigenvalue weighted by molar-refractivity contribution is 5.81. The molecule has 100 valence electrons. The van der Waals surface area contributed by atoms with Crippen molar-refractivity contribution in [1.29, 1.82) is 0 Å². The van der Waals surface area contributed by atoms with E-state index in [1.807, 2.05) is 0 Å². The van der Waals surface area contributed by atoms with Crippen LogP contribution in [0, 0.1) is 0 Å². The summed E-state index contributed by atoms with van der Waals surface area (Å²) in [4.78, 5) is 26.6. The average molecular weight is 256 g/mol. The molecule has 0 aliphatic carbocycles. The first-order valence-corrected chi connectivity index (χ1v) is 5.51. The first kappa shape index (κ1) is 14.1. The van der Waals surface area contributed by atoms with E-state index in [1.54, 1.807) is 20.8 Å². The molecule has 2 atom stereocenters. The van der Waals surface area contributed by atoms with E-state index in [-0.39, 0.29) is 13.0 Å². The Morgan fingerprint density at radius 2 is 2.11 bits per heavy atom. The SMILES string of the molecule is CC(C)(C)OC(=O)N1C[C@@H](N=[N+]=[N-])CC1C(=O)O. The highest BCUT2D eigenvalue weighted by Gasteiger charge is 2.41. The van der Waals surface area contributed by atoms with Gasteiger partial charge in [0.25, 0.3) is 0 Å². The van der Waals surface area contributed by atoms with E-state index < -0.39 is 29.7 Å². The molecule has 1 fully saturated rings. The van der Waals surface area contributed by atoms with E-state index in [4.69, 9.17) is 15.4 Å². The number of hydrogen-bond acceptors (Lipinski definition) is 4. The van der Waals surface area contributed by atoms with E-state index in [9.17, 15) is 9.59 Å². The number of carbonyl (C=O) groups excluding carboxylic acids is 1. The number of carbonyl (C=O) groups is 2. The Kier molecular flexibility index (Phi) is 4.03. The number of carboxylic acid groups (broad SMARTS) is 1. The van der Waals surface area contributed by atoms with Crippen LogP contribution in [0.15, 0.2) is 5.11 Å².